The number of benzene rings is 1. The molecule has 2 aliphatic carbocycles. The quantitative estimate of drug-likeness (QED) is 0.377. The van der Waals surface area contributed by atoms with E-state index in [9.17, 15) is 27.6 Å². The second kappa shape index (κ2) is 13.4. The number of carbonyl (C=O) groups is 4. The molecule has 2 saturated carbocycles. The van der Waals surface area contributed by atoms with Gasteiger partial charge in [-0.05, 0) is 74.4 Å². The van der Waals surface area contributed by atoms with Crippen molar-refractivity contribution in [3.63, 3.8) is 0 Å². The third-order valence-electron chi connectivity index (χ3n) is 10.6. The van der Waals surface area contributed by atoms with Crippen LogP contribution in [-0.4, -0.2) is 76.9 Å². The number of carbonyl (C=O) groups excluding carboxylic acids is 4. The lowest BCUT2D eigenvalue weighted by molar-refractivity contribution is -0.147. The number of allylic oxidation sites excluding steroid dienone is 1. The lowest BCUT2D eigenvalue weighted by Gasteiger charge is -2.36. The standard InChI is InChI=1S/C38H49N5O7S/c1-7-25-21-38(25,35(47)42-51(48,49)27-13-14-27)41-32(45)30-19-26-22-43(30)34(46)29(36(2,3)4)20-31(44)40-37(5,6)16-9-8-10-23-11-12-24-15-17-39-33(50-26)28(24)18-23/h7-8,10-12,15,17-18,25-27,29-30H,1,9,13-14,16,19-22H2,2-6H3,(H,40,44)(H,41,45)(H,42,47)/b10-8+/t25-,26-,29-,30+,38-/m1/s1. The molecule has 2 aliphatic heterocycles. The number of nitrogens with one attached hydrogen (secondary N) is 3. The van der Waals surface area contributed by atoms with Crippen molar-refractivity contribution in [1.29, 1.82) is 0 Å². The Hall–Kier alpha value is -4.26. The van der Waals surface area contributed by atoms with Crippen LogP contribution in [0.15, 0.2) is 49.2 Å². The Morgan fingerprint density at radius 1 is 1.16 bits per heavy atom. The number of sulfonamides is 1. The van der Waals surface area contributed by atoms with Crippen molar-refractivity contribution < 1.29 is 32.3 Å². The van der Waals surface area contributed by atoms with Crippen molar-refractivity contribution in [3.8, 4) is 5.88 Å². The second-order valence-corrected chi connectivity index (χ2v) is 18.2. The molecule has 1 aromatic heterocycles. The molecule has 3 fully saturated rings. The molecular formula is C38H49N5O7S. The second-order valence-electron chi connectivity index (χ2n) is 16.3. The molecule has 2 aromatic rings. The van der Waals surface area contributed by atoms with Gasteiger partial charge in [0.15, 0.2) is 0 Å². The third-order valence-corrected chi connectivity index (χ3v) is 12.4. The zero-order valence-corrected chi connectivity index (χ0v) is 30.8. The Morgan fingerprint density at radius 3 is 2.57 bits per heavy atom. The Morgan fingerprint density at radius 2 is 1.90 bits per heavy atom. The van der Waals surface area contributed by atoms with E-state index in [-0.39, 0.29) is 37.6 Å². The van der Waals surface area contributed by atoms with Crippen molar-refractivity contribution in [2.24, 2.45) is 17.3 Å². The van der Waals surface area contributed by atoms with Gasteiger partial charge in [-0.2, -0.15) is 0 Å². The number of amides is 4. The average molecular weight is 720 g/mol. The summed E-state index contributed by atoms with van der Waals surface area (Å²) in [5.41, 5.74) is -1.76. The molecule has 4 amide bonds. The Labute approximate surface area is 299 Å². The van der Waals surface area contributed by atoms with Crippen molar-refractivity contribution in [3.05, 3.63) is 54.8 Å². The van der Waals surface area contributed by atoms with E-state index >= 15 is 0 Å². The highest BCUT2D eigenvalue weighted by molar-refractivity contribution is 7.91. The van der Waals surface area contributed by atoms with Crippen LogP contribution in [-0.2, 0) is 29.2 Å². The summed E-state index contributed by atoms with van der Waals surface area (Å²) >= 11 is 0. The Bertz CT molecular complexity index is 1900. The Kier molecular flexibility index (Phi) is 9.58. The highest BCUT2D eigenvalue weighted by Gasteiger charge is 2.62. The highest BCUT2D eigenvalue weighted by atomic mass is 32.2. The van der Waals surface area contributed by atoms with Gasteiger partial charge in [0.1, 0.15) is 17.7 Å². The minimum atomic E-state index is -3.88. The van der Waals surface area contributed by atoms with Gasteiger partial charge >= 0.3 is 0 Å². The highest BCUT2D eigenvalue weighted by Crippen LogP contribution is 2.46. The van der Waals surface area contributed by atoms with Gasteiger partial charge in [0.25, 0.3) is 5.91 Å². The number of nitrogens with zero attached hydrogens (tertiary/aromatic N) is 2. The summed E-state index contributed by atoms with van der Waals surface area (Å²) in [5, 5.41) is 7.02. The van der Waals surface area contributed by atoms with E-state index in [1.54, 1.807) is 6.20 Å². The number of ether oxygens (including phenoxy) is 1. The first-order valence-corrected chi connectivity index (χ1v) is 19.3. The largest absolute Gasteiger partial charge is 0.472 e. The summed E-state index contributed by atoms with van der Waals surface area (Å²) in [6.07, 6.45) is 9.13. The van der Waals surface area contributed by atoms with E-state index in [4.69, 9.17) is 4.74 Å². The van der Waals surface area contributed by atoms with E-state index < -0.39 is 67.6 Å². The van der Waals surface area contributed by atoms with E-state index in [0.717, 1.165) is 16.3 Å². The van der Waals surface area contributed by atoms with Crippen LogP contribution in [0.5, 0.6) is 5.88 Å². The van der Waals surface area contributed by atoms with Gasteiger partial charge in [-0.3, -0.25) is 23.9 Å². The fourth-order valence-electron chi connectivity index (χ4n) is 7.21. The minimum Gasteiger partial charge on any atom is -0.472 e. The maximum Gasteiger partial charge on any atom is 0.259 e. The number of pyridine rings is 1. The van der Waals surface area contributed by atoms with Crippen LogP contribution in [0.1, 0.15) is 85.1 Å². The summed E-state index contributed by atoms with van der Waals surface area (Å²) in [5.74, 6) is -2.99. The first kappa shape index (κ1) is 36.5. The molecule has 274 valence electrons. The van der Waals surface area contributed by atoms with Crippen LogP contribution < -0.4 is 20.1 Å². The van der Waals surface area contributed by atoms with Crippen LogP contribution in [0.2, 0.25) is 0 Å². The van der Waals surface area contributed by atoms with Crippen molar-refractivity contribution in [1.82, 2.24) is 25.2 Å². The molecule has 1 aromatic carbocycles. The van der Waals surface area contributed by atoms with Crippen molar-refractivity contribution in [2.75, 3.05) is 6.54 Å². The summed E-state index contributed by atoms with van der Waals surface area (Å²) in [4.78, 5) is 61.9. The summed E-state index contributed by atoms with van der Waals surface area (Å²) < 4.78 is 34.0. The fraction of sp³-hybridized carbons (Fsp3) is 0.553. The normalized spacial score (nSPS) is 28.9. The molecule has 13 heteroatoms. The smallest absolute Gasteiger partial charge is 0.259 e. The summed E-state index contributed by atoms with van der Waals surface area (Å²) in [6.45, 7) is 13.4. The lowest BCUT2D eigenvalue weighted by Crippen LogP contribution is -2.57. The lowest BCUT2D eigenvalue weighted by atomic mass is 9.77. The van der Waals surface area contributed by atoms with Crippen molar-refractivity contribution >= 4 is 50.5 Å². The molecule has 3 heterocycles. The summed E-state index contributed by atoms with van der Waals surface area (Å²) in [6, 6.07) is 6.80. The molecule has 51 heavy (non-hydrogen) atoms. The number of hydrogen-bond acceptors (Lipinski definition) is 8. The zero-order chi connectivity index (χ0) is 36.9. The van der Waals surface area contributed by atoms with Crippen LogP contribution in [0.4, 0.5) is 0 Å². The fourth-order valence-corrected chi connectivity index (χ4v) is 8.58. The van der Waals surface area contributed by atoms with Gasteiger partial charge in [-0.15, -0.1) is 6.58 Å². The molecule has 4 aliphatic rings. The number of rotatable bonds is 6. The van der Waals surface area contributed by atoms with E-state index in [1.807, 2.05) is 65.0 Å². The molecule has 12 nitrogen and oxygen atoms in total. The minimum absolute atomic E-state index is 0.0361. The van der Waals surface area contributed by atoms with Gasteiger partial charge in [-0.1, -0.05) is 51.1 Å². The monoisotopic (exact) mass is 719 g/mol. The average Bonchev–Trinajstić information content (AvgIpc) is 3.97. The predicted octanol–water partition coefficient (Wildman–Crippen LogP) is 4.01. The van der Waals surface area contributed by atoms with Gasteiger partial charge in [0.2, 0.25) is 33.6 Å². The maximum atomic E-state index is 14.6. The third kappa shape index (κ3) is 7.83. The first-order chi connectivity index (χ1) is 23.9. The SMILES string of the molecule is C=C[C@@H]1C[C@]1(NC(=O)[C@@H]1C[C@@H]2CN1C(=O)[C@H](C(C)(C)C)CC(=O)NC(C)(C)CC/C=C/c1ccc3ccnc(c3c1)O2)C(=O)NS(=O)(=O)C1CC1. The van der Waals surface area contributed by atoms with Crippen LogP contribution in [0.25, 0.3) is 16.8 Å². The summed E-state index contributed by atoms with van der Waals surface area (Å²) in [7, 11) is -3.88. The van der Waals surface area contributed by atoms with Crippen LogP contribution >= 0.6 is 0 Å². The Balaban J connectivity index is 1.35. The molecular weight excluding hydrogens is 671 g/mol. The van der Waals surface area contributed by atoms with Gasteiger partial charge in [0, 0.05) is 35.9 Å². The molecule has 0 spiro atoms. The van der Waals surface area contributed by atoms with Gasteiger partial charge < -0.3 is 20.3 Å². The molecule has 1 saturated heterocycles. The van der Waals surface area contributed by atoms with E-state index in [2.05, 4.69) is 33.0 Å². The van der Waals surface area contributed by atoms with Gasteiger partial charge in [0.05, 0.1) is 17.7 Å². The molecule has 0 unspecified atom stereocenters. The van der Waals surface area contributed by atoms with Crippen molar-refractivity contribution in [2.45, 2.75) is 108 Å². The topological polar surface area (TPSA) is 164 Å². The number of hydrogen-bond donors (Lipinski definition) is 3. The molecule has 3 N–H and O–H groups in total. The van der Waals surface area contributed by atoms with E-state index in [0.29, 0.717) is 31.6 Å². The maximum absolute atomic E-state index is 14.6. The number of fused-ring (bicyclic) bond motifs is 3. The van der Waals surface area contributed by atoms with E-state index in [1.165, 1.54) is 11.0 Å². The molecule has 0 radical (unpaired) electrons. The molecule has 4 bridgehead atoms. The van der Waals surface area contributed by atoms with Crippen LogP contribution in [0.3, 0.4) is 0 Å². The van der Waals surface area contributed by atoms with Crippen LogP contribution in [0, 0.1) is 17.3 Å². The predicted molar refractivity (Wildman–Crippen MR) is 194 cm³/mol. The molecule has 6 rings (SSSR count). The first-order valence-electron chi connectivity index (χ1n) is 17.8. The molecule has 5 atom stereocenters. The zero-order valence-electron chi connectivity index (χ0n) is 30.0. The van der Waals surface area contributed by atoms with Gasteiger partial charge in [-0.25, -0.2) is 13.4 Å². The number of aromatic nitrogens is 1.